The van der Waals surface area contributed by atoms with E-state index in [1.54, 1.807) is 4.90 Å². The first-order valence-electron chi connectivity index (χ1n) is 8.12. The molecule has 0 unspecified atom stereocenters. The Morgan fingerprint density at radius 2 is 1.96 bits per heavy atom. The van der Waals surface area contributed by atoms with E-state index in [-0.39, 0.29) is 17.7 Å². The second kappa shape index (κ2) is 5.33. The summed E-state index contributed by atoms with van der Waals surface area (Å²) in [4.78, 5) is 30.8. The van der Waals surface area contributed by atoms with Crippen LogP contribution in [0.4, 0.5) is 0 Å². The number of primary amides is 1. The lowest BCUT2D eigenvalue weighted by Gasteiger charge is -2.18. The minimum Gasteiger partial charge on any atom is -0.369 e. The van der Waals surface area contributed by atoms with Crippen molar-refractivity contribution in [2.24, 2.45) is 11.7 Å². The van der Waals surface area contributed by atoms with Gasteiger partial charge in [0, 0.05) is 30.1 Å². The minimum atomic E-state index is -0.321. The first-order chi connectivity index (χ1) is 11.1. The van der Waals surface area contributed by atoms with Crippen LogP contribution in [-0.2, 0) is 4.79 Å². The van der Waals surface area contributed by atoms with Crippen molar-refractivity contribution in [3.63, 3.8) is 0 Å². The van der Waals surface area contributed by atoms with Crippen molar-refractivity contribution >= 4 is 22.7 Å². The Bertz CT molecular complexity index is 798. The van der Waals surface area contributed by atoms with Gasteiger partial charge >= 0.3 is 0 Å². The number of hydrogen-bond donors (Lipinski definition) is 1. The second-order valence-corrected chi connectivity index (χ2v) is 6.53. The maximum atomic E-state index is 13.0. The predicted octanol–water partition coefficient (Wildman–Crippen LogP) is 2.06. The van der Waals surface area contributed by atoms with Crippen molar-refractivity contribution < 1.29 is 9.59 Å². The van der Waals surface area contributed by atoms with E-state index in [1.165, 1.54) is 0 Å². The summed E-state index contributed by atoms with van der Waals surface area (Å²) in [6.07, 6.45) is 2.94. The molecule has 4 rings (SSSR count). The largest absolute Gasteiger partial charge is 0.369 e. The van der Waals surface area contributed by atoms with Gasteiger partial charge in [0.05, 0.1) is 17.0 Å². The Morgan fingerprint density at radius 3 is 2.65 bits per heavy atom. The molecule has 2 aromatic rings. The molecule has 1 atom stereocenters. The molecule has 2 aliphatic rings. The lowest BCUT2D eigenvalue weighted by molar-refractivity contribution is -0.121. The molecule has 23 heavy (non-hydrogen) atoms. The van der Waals surface area contributed by atoms with Gasteiger partial charge in [-0.3, -0.25) is 14.6 Å². The number of benzene rings is 1. The van der Waals surface area contributed by atoms with Crippen molar-refractivity contribution in [1.29, 1.82) is 0 Å². The number of hydrogen-bond acceptors (Lipinski definition) is 3. The van der Waals surface area contributed by atoms with Crippen molar-refractivity contribution in [2.75, 3.05) is 13.1 Å². The Balaban J connectivity index is 1.72. The first-order valence-corrected chi connectivity index (χ1v) is 8.12. The maximum Gasteiger partial charge on any atom is 0.254 e. The van der Waals surface area contributed by atoms with Crippen LogP contribution in [0.1, 0.15) is 41.2 Å². The van der Waals surface area contributed by atoms with Gasteiger partial charge in [-0.25, -0.2) is 0 Å². The molecule has 1 aliphatic heterocycles. The van der Waals surface area contributed by atoms with Crippen molar-refractivity contribution in [1.82, 2.24) is 9.88 Å². The number of nitrogens with two attached hydrogens (primary N) is 1. The molecule has 1 saturated carbocycles. The third kappa shape index (κ3) is 2.56. The Kier molecular flexibility index (Phi) is 3.29. The van der Waals surface area contributed by atoms with Crippen LogP contribution in [0.25, 0.3) is 10.9 Å². The topological polar surface area (TPSA) is 76.3 Å². The molecular formula is C18H19N3O2. The lowest BCUT2D eigenvalue weighted by Crippen LogP contribution is -2.32. The van der Waals surface area contributed by atoms with Gasteiger partial charge in [0.1, 0.15) is 0 Å². The Hall–Kier alpha value is -2.43. The smallest absolute Gasteiger partial charge is 0.254 e. The third-order valence-corrected chi connectivity index (χ3v) is 4.84. The van der Waals surface area contributed by atoms with Crippen LogP contribution in [0.5, 0.6) is 0 Å². The van der Waals surface area contributed by atoms with Crippen LogP contribution in [0, 0.1) is 5.92 Å². The van der Waals surface area contributed by atoms with Crippen LogP contribution in [0.15, 0.2) is 30.3 Å². The standard InChI is InChI=1S/C18H19N3O2/c19-17(22)12-7-8-21(10-12)18(23)14-9-16(11-5-6-11)20-15-4-2-1-3-13(14)15/h1-4,9,11-12H,5-8,10H2,(H2,19,22)/t12-/m0/s1. The quantitative estimate of drug-likeness (QED) is 0.943. The normalized spacial score (nSPS) is 20.9. The van der Waals surface area contributed by atoms with Gasteiger partial charge in [-0.15, -0.1) is 0 Å². The molecule has 2 heterocycles. The van der Waals surface area contributed by atoms with Crippen LogP contribution < -0.4 is 5.73 Å². The number of amides is 2. The predicted molar refractivity (Wildman–Crippen MR) is 86.9 cm³/mol. The van der Waals surface area contributed by atoms with Gasteiger partial charge in [0.25, 0.3) is 5.91 Å². The number of rotatable bonds is 3. The van der Waals surface area contributed by atoms with E-state index in [1.807, 2.05) is 30.3 Å². The van der Waals surface area contributed by atoms with Gasteiger partial charge < -0.3 is 10.6 Å². The molecule has 1 aliphatic carbocycles. The number of carbonyl (C=O) groups excluding carboxylic acids is 2. The number of nitrogens with zero attached hydrogens (tertiary/aromatic N) is 2. The summed E-state index contributed by atoms with van der Waals surface area (Å²) in [6, 6.07) is 9.70. The van der Waals surface area contributed by atoms with Gasteiger partial charge in [-0.05, 0) is 31.4 Å². The van der Waals surface area contributed by atoms with E-state index in [9.17, 15) is 9.59 Å². The Morgan fingerprint density at radius 1 is 1.17 bits per heavy atom. The molecule has 0 radical (unpaired) electrons. The maximum absolute atomic E-state index is 13.0. The van der Waals surface area contributed by atoms with E-state index in [2.05, 4.69) is 0 Å². The fraction of sp³-hybridized carbons (Fsp3) is 0.389. The highest BCUT2D eigenvalue weighted by Gasteiger charge is 2.32. The molecule has 1 aromatic carbocycles. The first kappa shape index (κ1) is 14.2. The summed E-state index contributed by atoms with van der Waals surface area (Å²) in [7, 11) is 0. The van der Waals surface area contributed by atoms with Crippen LogP contribution in [-0.4, -0.2) is 34.8 Å². The van der Waals surface area contributed by atoms with Gasteiger partial charge in [0.2, 0.25) is 5.91 Å². The van der Waals surface area contributed by atoms with Crippen LogP contribution in [0.2, 0.25) is 0 Å². The average molecular weight is 309 g/mol. The number of pyridine rings is 1. The minimum absolute atomic E-state index is 0.0192. The molecule has 5 nitrogen and oxygen atoms in total. The summed E-state index contributed by atoms with van der Waals surface area (Å²) < 4.78 is 0. The van der Waals surface area contributed by atoms with Crippen molar-refractivity contribution in [2.45, 2.75) is 25.2 Å². The monoisotopic (exact) mass is 309 g/mol. The molecule has 2 fully saturated rings. The number of likely N-dealkylation sites (tertiary alicyclic amines) is 1. The molecule has 1 saturated heterocycles. The highest BCUT2D eigenvalue weighted by atomic mass is 16.2. The Labute approximate surface area is 134 Å². The number of carbonyl (C=O) groups is 2. The number of aromatic nitrogens is 1. The van der Waals surface area contributed by atoms with Gasteiger partial charge in [0.15, 0.2) is 0 Å². The highest BCUT2D eigenvalue weighted by molar-refractivity contribution is 6.06. The molecule has 118 valence electrons. The van der Waals surface area contributed by atoms with E-state index in [4.69, 9.17) is 10.7 Å². The van der Waals surface area contributed by atoms with Crippen molar-refractivity contribution in [3.8, 4) is 0 Å². The number of fused-ring (bicyclic) bond motifs is 1. The molecule has 5 heteroatoms. The van der Waals surface area contributed by atoms with E-state index in [0.29, 0.717) is 31.0 Å². The summed E-state index contributed by atoms with van der Waals surface area (Å²) in [5, 5.41) is 0.879. The van der Waals surface area contributed by atoms with E-state index >= 15 is 0 Å². The summed E-state index contributed by atoms with van der Waals surface area (Å²) >= 11 is 0. The zero-order valence-corrected chi connectivity index (χ0v) is 12.9. The SMILES string of the molecule is NC(=O)[C@H]1CCN(C(=O)c2cc(C3CC3)nc3ccccc23)C1. The fourth-order valence-electron chi connectivity index (χ4n) is 3.31. The molecule has 2 N–H and O–H groups in total. The average Bonchev–Trinajstić information content (AvgIpc) is 3.29. The number of para-hydroxylation sites is 1. The molecule has 0 spiro atoms. The van der Waals surface area contributed by atoms with E-state index < -0.39 is 0 Å². The zero-order chi connectivity index (χ0) is 16.0. The summed E-state index contributed by atoms with van der Waals surface area (Å²) in [6.45, 7) is 1.01. The fourth-order valence-corrected chi connectivity index (χ4v) is 3.31. The molecular weight excluding hydrogens is 290 g/mol. The second-order valence-electron chi connectivity index (χ2n) is 6.53. The zero-order valence-electron chi connectivity index (χ0n) is 12.9. The third-order valence-electron chi connectivity index (χ3n) is 4.84. The molecule has 1 aromatic heterocycles. The molecule has 0 bridgehead atoms. The van der Waals surface area contributed by atoms with Crippen molar-refractivity contribution in [3.05, 3.63) is 41.6 Å². The lowest BCUT2D eigenvalue weighted by atomic mass is 10.0. The van der Waals surface area contributed by atoms with Crippen LogP contribution in [0.3, 0.4) is 0 Å². The molecule has 2 amide bonds. The van der Waals surface area contributed by atoms with E-state index in [0.717, 1.165) is 29.4 Å². The summed E-state index contributed by atoms with van der Waals surface area (Å²) in [5.41, 5.74) is 7.95. The summed E-state index contributed by atoms with van der Waals surface area (Å²) in [5.74, 6) is -0.0779. The van der Waals surface area contributed by atoms with Crippen LogP contribution >= 0.6 is 0 Å². The highest BCUT2D eigenvalue weighted by Crippen LogP contribution is 2.40. The van der Waals surface area contributed by atoms with Gasteiger partial charge in [-0.1, -0.05) is 18.2 Å². The van der Waals surface area contributed by atoms with Gasteiger partial charge in [-0.2, -0.15) is 0 Å².